The number of hydrogen-bond acceptors (Lipinski definition) is 2. The number of nitrogens with zero attached hydrogens (tertiary/aromatic N) is 2. The van der Waals surface area contributed by atoms with Crippen molar-refractivity contribution >= 4 is 17.0 Å². The van der Waals surface area contributed by atoms with Gasteiger partial charge in [-0.05, 0) is 30.5 Å². The van der Waals surface area contributed by atoms with Crippen LogP contribution in [0.3, 0.4) is 0 Å². The van der Waals surface area contributed by atoms with E-state index in [1.165, 1.54) is 18.4 Å². The maximum absolute atomic E-state index is 5.75. The molecule has 0 aliphatic heterocycles. The number of anilines is 1. The van der Waals surface area contributed by atoms with Crippen molar-refractivity contribution in [3.63, 3.8) is 0 Å². The van der Waals surface area contributed by atoms with Crippen molar-refractivity contribution in [1.29, 1.82) is 0 Å². The summed E-state index contributed by atoms with van der Waals surface area (Å²) in [5.74, 6) is 0.581. The van der Waals surface area contributed by atoms with E-state index < -0.39 is 0 Å². The molecule has 80 valence electrons. The van der Waals surface area contributed by atoms with Gasteiger partial charge in [0.05, 0.1) is 11.0 Å². The summed E-state index contributed by atoms with van der Waals surface area (Å²) in [6, 6.07) is 6.38. The molecule has 1 heterocycles. The van der Waals surface area contributed by atoms with Crippen molar-refractivity contribution < 1.29 is 0 Å². The third-order valence-corrected chi connectivity index (χ3v) is 2.80. The Morgan fingerprint density at radius 1 is 1.40 bits per heavy atom. The largest absolute Gasteiger partial charge is 0.369 e. The van der Waals surface area contributed by atoms with Crippen LogP contribution >= 0.6 is 0 Å². The van der Waals surface area contributed by atoms with E-state index in [1.807, 2.05) is 11.6 Å². The number of aromatic nitrogens is 2. The quantitative estimate of drug-likeness (QED) is 0.833. The Morgan fingerprint density at radius 2 is 2.20 bits per heavy atom. The van der Waals surface area contributed by atoms with E-state index in [-0.39, 0.29) is 0 Å². The van der Waals surface area contributed by atoms with Crippen molar-refractivity contribution in [3.8, 4) is 0 Å². The Morgan fingerprint density at radius 3 is 2.93 bits per heavy atom. The zero-order chi connectivity index (χ0) is 10.8. The molecule has 0 atom stereocenters. The standard InChI is InChI=1S/C12H17N3/c1-3-4-5-9-6-7-10-11(8-9)15(2)12(13)14-10/h6-8H,3-5H2,1-2H3,(H2,13,14). The highest BCUT2D eigenvalue weighted by molar-refractivity contribution is 5.78. The number of unbranched alkanes of at least 4 members (excludes halogenated alkanes) is 1. The van der Waals surface area contributed by atoms with Gasteiger partial charge in [0.15, 0.2) is 0 Å². The van der Waals surface area contributed by atoms with Gasteiger partial charge < -0.3 is 10.3 Å². The minimum absolute atomic E-state index is 0.581. The third kappa shape index (κ3) is 1.82. The maximum atomic E-state index is 5.75. The Hall–Kier alpha value is -1.51. The number of nitrogens with two attached hydrogens (primary N) is 1. The summed E-state index contributed by atoms with van der Waals surface area (Å²) < 4.78 is 1.94. The average Bonchev–Trinajstić information content (AvgIpc) is 2.52. The number of hydrogen-bond donors (Lipinski definition) is 1. The highest BCUT2D eigenvalue weighted by Gasteiger charge is 2.04. The zero-order valence-corrected chi connectivity index (χ0v) is 9.33. The second-order valence-electron chi connectivity index (χ2n) is 3.96. The van der Waals surface area contributed by atoms with Crippen LogP contribution in [0.2, 0.25) is 0 Å². The topological polar surface area (TPSA) is 43.8 Å². The first-order valence-electron chi connectivity index (χ1n) is 5.43. The normalized spacial score (nSPS) is 11.1. The predicted molar refractivity (Wildman–Crippen MR) is 63.7 cm³/mol. The second-order valence-corrected chi connectivity index (χ2v) is 3.96. The number of imidazole rings is 1. The van der Waals surface area contributed by atoms with Crippen molar-refractivity contribution in [2.75, 3.05) is 5.73 Å². The van der Waals surface area contributed by atoms with Crippen LogP contribution in [0.5, 0.6) is 0 Å². The summed E-state index contributed by atoms with van der Waals surface area (Å²) in [5, 5.41) is 0. The molecule has 0 radical (unpaired) electrons. The van der Waals surface area contributed by atoms with E-state index in [1.54, 1.807) is 0 Å². The predicted octanol–water partition coefficient (Wildman–Crippen LogP) is 2.50. The average molecular weight is 203 g/mol. The number of nitrogen functional groups attached to an aromatic ring is 1. The smallest absolute Gasteiger partial charge is 0.200 e. The van der Waals surface area contributed by atoms with Gasteiger partial charge in [-0.25, -0.2) is 4.98 Å². The van der Waals surface area contributed by atoms with Gasteiger partial charge in [0.25, 0.3) is 0 Å². The molecular formula is C12H17N3. The zero-order valence-electron chi connectivity index (χ0n) is 9.33. The first kappa shape index (κ1) is 10.0. The lowest BCUT2D eigenvalue weighted by Crippen LogP contribution is -1.96. The molecule has 1 aromatic heterocycles. The molecule has 2 N–H and O–H groups in total. The fourth-order valence-electron chi connectivity index (χ4n) is 1.79. The molecule has 0 aliphatic carbocycles. The SMILES string of the molecule is CCCCc1ccc2nc(N)n(C)c2c1. The van der Waals surface area contributed by atoms with Crippen LogP contribution in [-0.4, -0.2) is 9.55 Å². The number of aryl methyl sites for hydroxylation is 2. The van der Waals surface area contributed by atoms with E-state index in [2.05, 4.69) is 30.1 Å². The summed E-state index contributed by atoms with van der Waals surface area (Å²) in [6.45, 7) is 2.21. The molecule has 2 rings (SSSR count). The van der Waals surface area contributed by atoms with Crippen molar-refractivity contribution in [3.05, 3.63) is 23.8 Å². The Balaban J connectivity index is 2.41. The number of fused-ring (bicyclic) bond motifs is 1. The summed E-state index contributed by atoms with van der Waals surface area (Å²) >= 11 is 0. The summed E-state index contributed by atoms with van der Waals surface area (Å²) in [6.07, 6.45) is 3.60. The van der Waals surface area contributed by atoms with Crippen molar-refractivity contribution in [2.24, 2.45) is 7.05 Å². The lowest BCUT2D eigenvalue weighted by molar-refractivity contribution is 0.795. The van der Waals surface area contributed by atoms with Gasteiger partial charge in [0, 0.05) is 7.05 Å². The summed E-state index contributed by atoms with van der Waals surface area (Å²) in [7, 11) is 1.95. The van der Waals surface area contributed by atoms with Crippen LogP contribution in [-0.2, 0) is 13.5 Å². The summed E-state index contributed by atoms with van der Waals surface area (Å²) in [5.41, 5.74) is 9.23. The lowest BCUT2D eigenvalue weighted by Gasteiger charge is -2.01. The van der Waals surface area contributed by atoms with Crippen LogP contribution in [0.4, 0.5) is 5.95 Å². The number of benzene rings is 1. The van der Waals surface area contributed by atoms with Gasteiger partial charge in [-0.1, -0.05) is 19.4 Å². The van der Waals surface area contributed by atoms with Gasteiger partial charge in [0.2, 0.25) is 5.95 Å². The molecule has 1 aromatic carbocycles. The van der Waals surface area contributed by atoms with E-state index in [0.29, 0.717) is 5.95 Å². The van der Waals surface area contributed by atoms with Gasteiger partial charge in [-0.2, -0.15) is 0 Å². The highest BCUT2D eigenvalue weighted by Crippen LogP contribution is 2.18. The van der Waals surface area contributed by atoms with E-state index in [9.17, 15) is 0 Å². The molecular weight excluding hydrogens is 186 g/mol. The molecule has 2 aromatic rings. The summed E-state index contributed by atoms with van der Waals surface area (Å²) in [4.78, 5) is 4.27. The van der Waals surface area contributed by atoms with Crippen LogP contribution in [0.1, 0.15) is 25.3 Å². The number of rotatable bonds is 3. The van der Waals surface area contributed by atoms with E-state index >= 15 is 0 Å². The van der Waals surface area contributed by atoms with Crippen LogP contribution in [0.25, 0.3) is 11.0 Å². The molecule has 0 bridgehead atoms. The van der Waals surface area contributed by atoms with Crippen LogP contribution < -0.4 is 5.73 Å². The van der Waals surface area contributed by atoms with E-state index in [4.69, 9.17) is 5.73 Å². The third-order valence-electron chi connectivity index (χ3n) is 2.80. The Bertz CT molecular complexity index is 471. The van der Waals surface area contributed by atoms with Crippen molar-refractivity contribution in [1.82, 2.24) is 9.55 Å². The van der Waals surface area contributed by atoms with Gasteiger partial charge in [-0.15, -0.1) is 0 Å². The molecule has 0 saturated heterocycles. The molecule has 3 nitrogen and oxygen atoms in total. The first-order chi connectivity index (χ1) is 7.22. The van der Waals surface area contributed by atoms with Gasteiger partial charge in [0.1, 0.15) is 0 Å². The molecule has 0 unspecified atom stereocenters. The maximum Gasteiger partial charge on any atom is 0.200 e. The minimum atomic E-state index is 0.581. The fourth-order valence-corrected chi connectivity index (χ4v) is 1.79. The molecule has 3 heteroatoms. The Labute approximate surface area is 89.9 Å². The van der Waals surface area contributed by atoms with E-state index in [0.717, 1.165) is 17.5 Å². The monoisotopic (exact) mass is 203 g/mol. The Kier molecular flexibility index (Phi) is 2.62. The second kappa shape index (κ2) is 3.93. The van der Waals surface area contributed by atoms with Gasteiger partial charge >= 0.3 is 0 Å². The van der Waals surface area contributed by atoms with Crippen LogP contribution in [0, 0.1) is 0 Å². The molecule has 0 fully saturated rings. The lowest BCUT2D eigenvalue weighted by atomic mass is 10.1. The molecule has 0 spiro atoms. The van der Waals surface area contributed by atoms with Crippen LogP contribution in [0.15, 0.2) is 18.2 Å². The molecule has 0 saturated carbocycles. The molecule has 0 aliphatic rings. The fraction of sp³-hybridized carbons (Fsp3) is 0.417. The highest BCUT2D eigenvalue weighted by atomic mass is 15.1. The first-order valence-corrected chi connectivity index (χ1v) is 5.43. The molecule has 15 heavy (non-hydrogen) atoms. The van der Waals surface area contributed by atoms with Gasteiger partial charge in [-0.3, -0.25) is 0 Å². The minimum Gasteiger partial charge on any atom is -0.369 e. The molecule has 0 amide bonds. The van der Waals surface area contributed by atoms with Crippen molar-refractivity contribution in [2.45, 2.75) is 26.2 Å².